The fourth-order valence-electron chi connectivity index (χ4n) is 2.17. The number of rotatable bonds is 3. The molecule has 0 fully saturated rings. The molecule has 0 saturated heterocycles. The molecule has 0 unspecified atom stereocenters. The van der Waals surface area contributed by atoms with Crippen LogP contribution in [-0.2, 0) is 0 Å². The Bertz CT molecular complexity index is 780. The number of pyridine rings is 2. The Hall–Kier alpha value is -2.75. The fourth-order valence-corrected chi connectivity index (χ4v) is 2.17. The third-order valence-electron chi connectivity index (χ3n) is 3.24. The molecule has 98 valence electrons. The molecule has 2 N–H and O–H groups in total. The van der Waals surface area contributed by atoms with Gasteiger partial charge in [0, 0.05) is 47.8 Å². The average molecular weight is 262 g/mol. The third kappa shape index (κ3) is 2.12. The highest BCUT2D eigenvalue weighted by Crippen LogP contribution is 2.19. The highest BCUT2D eigenvalue weighted by molar-refractivity contribution is 6.14. The van der Waals surface area contributed by atoms with Crippen molar-refractivity contribution in [3.8, 4) is 0 Å². The molecular formula is C16H14N4. The quantitative estimate of drug-likeness (QED) is 0.713. The number of hydrogen-bond donors (Lipinski definition) is 2. The molecule has 4 heteroatoms. The van der Waals surface area contributed by atoms with Crippen molar-refractivity contribution in [2.75, 3.05) is 12.4 Å². The Morgan fingerprint density at radius 2 is 2.00 bits per heavy atom. The Labute approximate surface area is 117 Å². The van der Waals surface area contributed by atoms with Gasteiger partial charge in [-0.3, -0.25) is 15.4 Å². The van der Waals surface area contributed by atoms with E-state index in [0.29, 0.717) is 5.71 Å². The number of nitrogens with zero attached hydrogens (tertiary/aromatic N) is 2. The van der Waals surface area contributed by atoms with Crippen molar-refractivity contribution in [2.24, 2.45) is 0 Å². The normalized spacial score (nSPS) is 10.4. The minimum absolute atomic E-state index is 0.417. The van der Waals surface area contributed by atoms with Crippen molar-refractivity contribution in [3.63, 3.8) is 0 Å². The monoisotopic (exact) mass is 262 g/mol. The molecule has 2 heterocycles. The van der Waals surface area contributed by atoms with Crippen molar-refractivity contribution in [2.45, 2.75) is 0 Å². The van der Waals surface area contributed by atoms with Crippen LogP contribution in [0.5, 0.6) is 0 Å². The first-order valence-electron chi connectivity index (χ1n) is 6.35. The summed E-state index contributed by atoms with van der Waals surface area (Å²) in [5.74, 6) is 0. The van der Waals surface area contributed by atoms with Gasteiger partial charge in [0.25, 0.3) is 0 Å². The summed E-state index contributed by atoms with van der Waals surface area (Å²) in [6.45, 7) is 0. The molecule has 0 aliphatic heterocycles. The van der Waals surface area contributed by atoms with Gasteiger partial charge in [-0.2, -0.15) is 0 Å². The van der Waals surface area contributed by atoms with Crippen LogP contribution in [0.25, 0.3) is 10.9 Å². The first-order chi connectivity index (χ1) is 9.79. The van der Waals surface area contributed by atoms with Crippen molar-refractivity contribution in [3.05, 3.63) is 66.1 Å². The minimum Gasteiger partial charge on any atom is -0.387 e. The lowest BCUT2D eigenvalue weighted by Gasteiger charge is -2.10. The molecule has 0 aliphatic carbocycles. The van der Waals surface area contributed by atoms with E-state index in [9.17, 15) is 0 Å². The van der Waals surface area contributed by atoms with Crippen LogP contribution in [0, 0.1) is 5.41 Å². The molecule has 3 rings (SSSR count). The smallest absolute Gasteiger partial charge is 0.0736 e. The summed E-state index contributed by atoms with van der Waals surface area (Å²) in [5, 5.41) is 12.5. The summed E-state index contributed by atoms with van der Waals surface area (Å²) < 4.78 is 0. The Morgan fingerprint density at radius 1 is 1.15 bits per heavy atom. The summed E-state index contributed by atoms with van der Waals surface area (Å²) >= 11 is 0. The highest BCUT2D eigenvalue weighted by Gasteiger charge is 2.10. The second-order valence-corrected chi connectivity index (χ2v) is 4.46. The molecule has 0 spiro atoms. The van der Waals surface area contributed by atoms with Crippen molar-refractivity contribution in [1.29, 1.82) is 5.41 Å². The highest BCUT2D eigenvalue weighted by atomic mass is 14.8. The zero-order chi connectivity index (χ0) is 13.9. The van der Waals surface area contributed by atoms with E-state index in [2.05, 4.69) is 15.3 Å². The van der Waals surface area contributed by atoms with Crippen molar-refractivity contribution < 1.29 is 0 Å². The van der Waals surface area contributed by atoms with Gasteiger partial charge in [-0.25, -0.2) is 0 Å². The lowest BCUT2D eigenvalue weighted by Crippen LogP contribution is -2.06. The van der Waals surface area contributed by atoms with Crippen molar-refractivity contribution >= 4 is 22.3 Å². The van der Waals surface area contributed by atoms with E-state index in [1.807, 2.05) is 43.4 Å². The zero-order valence-corrected chi connectivity index (χ0v) is 11.1. The van der Waals surface area contributed by atoms with E-state index in [1.54, 1.807) is 18.6 Å². The van der Waals surface area contributed by atoms with E-state index in [0.717, 1.165) is 27.7 Å². The van der Waals surface area contributed by atoms with Crippen LogP contribution in [0.3, 0.4) is 0 Å². The Balaban J connectivity index is 2.08. The van der Waals surface area contributed by atoms with Gasteiger partial charge in [0.05, 0.1) is 11.2 Å². The van der Waals surface area contributed by atoms with Crippen LogP contribution in [0.4, 0.5) is 5.69 Å². The first kappa shape index (κ1) is 12.3. The standard InChI is InChI=1S/C16H14N4/c1-18-15-6-7-19-10-13(15)16(17)12-8-11-4-2-3-5-14(11)20-9-12/h2-10,17H,1H3,(H,18,19). The number of nitrogens with one attached hydrogen (secondary N) is 2. The molecule has 0 radical (unpaired) electrons. The molecular weight excluding hydrogens is 248 g/mol. The molecule has 3 aromatic rings. The van der Waals surface area contributed by atoms with Gasteiger partial charge < -0.3 is 5.32 Å². The molecule has 1 aromatic carbocycles. The zero-order valence-electron chi connectivity index (χ0n) is 11.1. The van der Waals surface area contributed by atoms with E-state index >= 15 is 0 Å². The molecule has 2 aromatic heterocycles. The predicted molar refractivity (Wildman–Crippen MR) is 81.5 cm³/mol. The first-order valence-corrected chi connectivity index (χ1v) is 6.35. The Kier molecular flexibility index (Phi) is 3.13. The van der Waals surface area contributed by atoms with E-state index in [4.69, 9.17) is 5.41 Å². The number of para-hydroxylation sites is 1. The minimum atomic E-state index is 0.417. The predicted octanol–water partition coefficient (Wildman–Crippen LogP) is 3.09. The van der Waals surface area contributed by atoms with Crippen LogP contribution in [0.1, 0.15) is 11.1 Å². The maximum Gasteiger partial charge on any atom is 0.0736 e. The van der Waals surface area contributed by atoms with Gasteiger partial charge in [0.2, 0.25) is 0 Å². The van der Waals surface area contributed by atoms with Crippen LogP contribution >= 0.6 is 0 Å². The van der Waals surface area contributed by atoms with Gasteiger partial charge in [-0.15, -0.1) is 0 Å². The maximum atomic E-state index is 8.37. The SMILES string of the molecule is CNc1ccncc1C(=N)c1cnc2ccccc2c1. The molecule has 4 nitrogen and oxygen atoms in total. The van der Waals surface area contributed by atoms with Crippen molar-refractivity contribution in [1.82, 2.24) is 9.97 Å². The second-order valence-electron chi connectivity index (χ2n) is 4.46. The molecule has 0 bridgehead atoms. The number of aromatic nitrogens is 2. The van der Waals surface area contributed by atoms with E-state index in [1.165, 1.54) is 0 Å². The van der Waals surface area contributed by atoms with Gasteiger partial charge >= 0.3 is 0 Å². The van der Waals surface area contributed by atoms with Gasteiger partial charge in [0.15, 0.2) is 0 Å². The number of hydrogen-bond acceptors (Lipinski definition) is 4. The number of fused-ring (bicyclic) bond motifs is 1. The summed E-state index contributed by atoms with van der Waals surface area (Å²) in [6.07, 6.45) is 5.14. The van der Waals surface area contributed by atoms with Crippen LogP contribution < -0.4 is 5.32 Å². The molecule has 0 amide bonds. The molecule has 0 aliphatic rings. The average Bonchev–Trinajstić information content (AvgIpc) is 2.53. The topological polar surface area (TPSA) is 61.7 Å². The van der Waals surface area contributed by atoms with Gasteiger partial charge in [-0.1, -0.05) is 18.2 Å². The lowest BCUT2D eigenvalue weighted by atomic mass is 10.0. The van der Waals surface area contributed by atoms with Crippen LogP contribution in [0.2, 0.25) is 0 Å². The van der Waals surface area contributed by atoms with Gasteiger partial charge in [0.1, 0.15) is 0 Å². The van der Waals surface area contributed by atoms with Gasteiger partial charge in [-0.05, 0) is 18.2 Å². The van der Waals surface area contributed by atoms with E-state index < -0.39 is 0 Å². The van der Waals surface area contributed by atoms with Crippen LogP contribution in [-0.4, -0.2) is 22.7 Å². The number of benzene rings is 1. The molecule has 0 saturated carbocycles. The second kappa shape index (κ2) is 5.09. The lowest BCUT2D eigenvalue weighted by molar-refractivity contribution is 1.29. The largest absolute Gasteiger partial charge is 0.387 e. The third-order valence-corrected chi connectivity index (χ3v) is 3.24. The number of anilines is 1. The Morgan fingerprint density at radius 3 is 2.85 bits per heavy atom. The van der Waals surface area contributed by atoms with Crippen LogP contribution in [0.15, 0.2) is 55.0 Å². The summed E-state index contributed by atoms with van der Waals surface area (Å²) in [4.78, 5) is 8.50. The summed E-state index contributed by atoms with van der Waals surface area (Å²) in [6, 6.07) is 11.7. The summed E-state index contributed by atoms with van der Waals surface area (Å²) in [7, 11) is 1.84. The van der Waals surface area contributed by atoms with E-state index in [-0.39, 0.29) is 0 Å². The molecule has 20 heavy (non-hydrogen) atoms. The summed E-state index contributed by atoms with van der Waals surface area (Å²) in [5.41, 5.74) is 3.79. The molecule has 0 atom stereocenters. The fraction of sp³-hybridized carbons (Fsp3) is 0.0625. The maximum absolute atomic E-state index is 8.37.